The van der Waals surface area contributed by atoms with E-state index >= 15 is 0 Å². The van der Waals surface area contributed by atoms with Gasteiger partial charge in [0.1, 0.15) is 5.01 Å². The fraction of sp³-hybridized carbons (Fsp3) is 0.800. The quantitative estimate of drug-likeness (QED) is 0.879. The molecule has 0 radical (unpaired) electrons. The smallest absolute Gasteiger partial charge is 0.110 e. The fourth-order valence-electron chi connectivity index (χ4n) is 2.74. The molecule has 0 aromatic carbocycles. The summed E-state index contributed by atoms with van der Waals surface area (Å²) < 4.78 is 0. The van der Waals surface area contributed by atoms with E-state index < -0.39 is 0 Å². The molecule has 1 heterocycles. The molecule has 1 saturated carbocycles. The topological polar surface area (TPSA) is 24.9 Å². The molecule has 1 unspecified atom stereocenters. The Bertz CT molecular complexity index is 372. The van der Waals surface area contributed by atoms with Crippen LogP contribution in [0.4, 0.5) is 0 Å². The van der Waals surface area contributed by atoms with Crippen LogP contribution in [0.3, 0.4) is 0 Å². The van der Waals surface area contributed by atoms with Gasteiger partial charge in [-0.3, -0.25) is 0 Å². The highest BCUT2D eigenvalue weighted by atomic mass is 32.1. The van der Waals surface area contributed by atoms with E-state index in [4.69, 9.17) is 4.98 Å². The van der Waals surface area contributed by atoms with Crippen LogP contribution in [0.15, 0.2) is 5.38 Å². The summed E-state index contributed by atoms with van der Waals surface area (Å²) in [4.78, 5) is 4.90. The van der Waals surface area contributed by atoms with Crippen molar-refractivity contribution in [2.24, 2.45) is 5.92 Å². The zero-order valence-electron chi connectivity index (χ0n) is 12.1. The Hall–Kier alpha value is -0.410. The van der Waals surface area contributed by atoms with Crippen LogP contribution in [0, 0.1) is 5.92 Å². The molecule has 1 aromatic heterocycles. The highest BCUT2D eigenvalue weighted by molar-refractivity contribution is 7.09. The summed E-state index contributed by atoms with van der Waals surface area (Å²) in [6, 6.07) is 0.485. The summed E-state index contributed by atoms with van der Waals surface area (Å²) >= 11 is 1.84. The lowest BCUT2D eigenvalue weighted by molar-refractivity contribution is 0.372. The second-order valence-electron chi connectivity index (χ2n) is 6.40. The van der Waals surface area contributed by atoms with Crippen molar-refractivity contribution in [1.29, 1.82) is 0 Å². The SMILES string of the molecule is CCNC(c1nc(C(C)(C)C)cs1)C1CCCC1. The summed E-state index contributed by atoms with van der Waals surface area (Å²) in [5, 5.41) is 7.20. The number of thiazole rings is 1. The number of nitrogens with zero attached hydrogens (tertiary/aromatic N) is 1. The minimum Gasteiger partial charge on any atom is -0.308 e. The predicted molar refractivity (Wildman–Crippen MR) is 79.2 cm³/mol. The van der Waals surface area contributed by atoms with Gasteiger partial charge in [0.2, 0.25) is 0 Å². The number of hydrogen-bond donors (Lipinski definition) is 1. The molecule has 18 heavy (non-hydrogen) atoms. The fourth-order valence-corrected chi connectivity index (χ4v) is 3.95. The van der Waals surface area contributed by atoms with Crippen molar-refractivity contribution in [2.45, 2.75) is 64.8 Å². The summed E-state index contributed by atoms with van der Waals surface area (Å²) in [7, 11) is 0. The lowest BCUT2D eigenvalue weighted by Crippen LogP contribution is -2.27. The molecule has 0 bridgehead atoms. The molecule has 2 nitrogen and oxygen atoms in total. The Balaban J connectivity index is 2.17. The van der Waals surface area contributed by atoms with E-state index in [1.165, 1.54) is 36.4 Å². The summed E-state index contributed by atoms with van der Waals surface area (Å²) in [6.45, 7) is 9.95. The first-order valence-electron chi connectivity index (χ1n) is 7.21. The van der Waals surface area contributed by atoms with Crippen molar-refractivity contribution in [1.82, 2.24) is 10.3 Å². The average molecular weight is 266 g/mol. The van der Waals surface area contributed by atoms with Crippen molar-refractivity contribution in [3.8, 4) is 0 Å². The van der Waals surface area contributed by atoms with Gasteiger partial charge in [0.05, 0.1) is 11.7 Å². The number of rotatable bonds is 4. The van der Waals surface area contributed by atoms with E-state index in [-0.39, 0.29) is 5.41 Å². The maximum Gasteiger partial charge on any atom is 0.110 e. The maximum atomic E-state index is 4.90. The molecule has 1 fully saturated rings. The van der Waals surface area contributed by atoms with Gasteiger partial charge in [0.25, 0.3) is 0 Å². The van der Waals surface area contributed by atoms with Crippen LogP contribution in [0.1, 0.15) is 70.1 Å². The Kier molecular flexibility index (Phi) is 4.44. The minimum absolute atomic E-state index is 0.168. The molecule has 0 spiro atoms. The average Bonchev–Trinajstić information content (AvgIpc) is 2.96. The van der Waals surface area contributed by atoms with Gasteiger partial charge in [-0.05, 0) is 25.3 Å². The second kappa shape index (κ2) is 5.70. The number of aromatic nitrogens is 1. The first-order valence-corrected chi connectivity index (χ1v) is 8.09. The molecule has 1 aliphatic carbocycles. The zero-order chi connectivity index (χ0) is 13.2. The van der Waals surface area contributed by atoms with Gasteiger partial charge in [0.15, 0.2) is 0 Å². The van der Waals surface area contributed by atoms with Gasteiger partial charge < -0.3 is 5.32 Å². The van der Waals surface area contributed by atoms with Crippen LogP contribution < -0.4 is 5.32 Å². The molecule has 102 valence electrons. The molecule has 0 saturated heterocycles. The van der Waals surface area contributed by atoms with Crippen molar-refractivity contribution in [2.75, 3.05) is 6.54 Å². The number of nitrogens with one attached hydrogen (secondary N) is 1. The second-order valence-corrected chi connectivity index (χ2v) is 7.29. The van der Waals surface area contributed by atoms with Gasteiger partial charge in [-0.1, -0.05) is 40.5 Å². The van der Waals surface area contributed by atoms with Crippen LogP contribution in [-0.4, -0.2) is 11.5 Å². The summed E-state index contributed by atoms with van der Waals surface area (Å²) in [5.41, 5.74) is 1.41. The third-order valence-corrected chi connectivity index (χ3v) is 4.78. The third-order valence-electron chi connectivity index (χ3n) is 3.85. The largest absolute Gasteiger partial charge is 0.308 e. The van der Waals surface area contributed by atoms with E-state index in [9.17, 15) is 0 Å². The maximum absolute atomic E-state index is 4.90. The standard InChI is InChI=1S/C15H26N2S/c1-5-16-13(11-8-6-7-9-11)14-17-12(10-18-14)15(2,3)4/h10-11,13,16H,5-9H2,1-4H3. The van der Waals surface area contributed by atoms with Crippen molar-refractivity contribution < 1.29 is 0 Å². The van der Waals surface area contributed by atoms with E-state index in [0.717, 1.165) is 12.5 Å². The van der Waals surface area contributed by atoms with Crippen molar-refractivity contribution in [3.05, 3.63) is 16.1 Å². The zero-order valence-corrected chi connectivity index (χ0v) is 12.9. The van der Waals surface area contributed by atoms with Gasteiger partial charge in [0, 0.05) is 10.8 Å². The molecule has 1 aliphatic rings. The van der Waals surface area contributed by atoms with Crippen LogP contribution in [0.25, 0.3) is 0 Å². The van der Waals surface area contributed by atoms with Crippen LogP contribution in [-0.2, 0) is 5.41 Å². The van der Waals surface area contributed by atoms with Crippen LogP contribution >= 0.6 is 11.3 Å². The lowest BCUT2D eigenvalue weighted by atomic mass is 9.93. The van der Waals surface area contributed by atoms with E-state index in [2.05, 4.69) is 38.4 Å². The molecule has 2 rings (SSSR count). The normalized spacial score (nSPS) is 19.3. The van der Waals surface area contributed by atoms with E-state index in [1.54, 1.807) is 0 Å². The first kappa shape index (κ1) is 14.0. The third kappa shape index (κ3) is 3.12. The van der Waals surface area contributed by atoms with E-state index in [0.29, 0.717) is 6.04 Å². The first-order chi connectivity index (χ1) is 8.52. The summed E-state index contributed by atoms with van der Waals surface area (Å²) in [5.74, 6) is 0.795. The highest BCUT2D eigenvalue weighted by Gasteiger charge is 2.29. The molecule has 0 aliphatic heterocycles. The lowest BCUT2D eigenvalue weighted by Gasteiger charge is -2.22. The predicted octanol–water partition coefficient (Wildman–Crippen LogP) is 4.28. The Morgan fingerprint density at radius 2 is 2.06 bits per heavy atom. The van der Waals surface area contributed by atoms with Crippen LogP contribution in [0.2, 0.25) is 0 Å². The molecular weight excluding hydrogens is 240 g/mol. The Labute approximate surface area is 115 Å². The number of hydrogen-bond acceptors (Lipinski definition) is 3. The molecule has 0 amide bonds. The van der Waals surface area contributed by atoms with Crippen molar-refractivity contribution in [3.63, 3.8) is 0 Å². The Morgan fingerprint density at radius 1 is 1.39 bits per heavy atom. The van der Waals surface area contributed by atoms with Gasteiger partial charge in [-0.25, -0.2) is 4.98 Å². The molecular formula is C15H26N2S. The van der Waals surface area contributed by atoms with Gasteiger partial charge in [-0.15, -0.1) is 11.3 Å². The highest BCUT2D eigenvalue weighted by Crippen LogP contribution is 2.37. The van der Waals surface area contributed by atoms with Crippen molar-refractivity contribution >= 4 is 11.3 Å². The van der Waals surface area contributed by atoms with Crippen LogP contribution in [0.5, 0.6) is 0 Å². The molecule has 3 heteroatoms. The van der Waals surface area contributed by atoms with Gasteiger partial charge >= 0.3 is 0 Å². The van der Waals surface area contributed by atoms with E-state index in [1.807, 2.05) is 11.3 Å². The molecule has 1 N–H and O–H groups in total. The molecule has 1 aromatic rings. The van der Waals surface area contributed by atoms with Gasteiger partial charge in [-0.2, -0.15) is 0 Å². The minimum atomic E-state index is 0.168. The monoisotopic (exact) mass is 266 g/mol. The Morgan fingerprint density at radius 3 is 2.56 bits per heavy atom. The molecule has 1 atom stereocenters. The summed E-state index contributed by atoms with van der Waals surface area (Å²) in [6.07, 6.45) is 5.51.